The van der Waals surface area contributed by atoms with Gasteiger partial charge in [0.2, 0.25) is 0 Å². The minimum absolute atomic E-state index is 0. The van der Waals surface area contributed by atoms with Crippen molar-refractivity contribution in [3.63, 3.8) is 0 Å². The zero-order valence-corrected chi connectivity index (χ0v) is 20.5. The fourth-order valence-corrected chi connectivity index (χ4v) is 4.29. The molecule has 1 aliphatic heterocycles. The van der Waals surface area contributed by atoms with Crippen LogP contribution in [0.5, 0.6) is 0 Å². The van der Waals surface area contributed by atoms with E-state index in [0.29, 0.717) is 6.04 Å². The van der Waals surface area contributed by atoms with Crippen molar-refractivity contribution in [1.82, 2.24) is 10.3 Å². The molecular formula is C26H32Cl2FN3. The summed E-state index contributed by atoms with van der Waals surface area (Å²) in [5.74, 6) is -0.194. The van der Waals surface area contributed by atoms with Gasteiger partial charge in [-0.2, -0.15) is 0 Å². The van der Waals surface area contributed by atoms with Crippen LogP contribution in [-0.4, -0.2) is 24.1 Å². The highest BCUT2D eigenvalue weighted by molar-refractivity contribution is 5.85. The SMILES string of the molecule is Cc1cc(-c2cc(CN(c3ccc(F)cc3)C3CCNCC3)ccn2)cc(C)c1C.Cl.Cl. The molecule has 1 aromatic heterocycles. The summed E-state index contributed by atoms with van der Waals surface area (Å²) in [5.41, 5.74) is 8.38. The Morgan fingerprint density at radius 3 is 2.19 bits per heavy atom. The van der Waals surface area contributed by atoms with Gasteiger partial charge in [-0.15, -0.1) is 24.8 Å². The van der Waals surface area contributed by atoms with Gasteiger partial charge in [0.25, 0.3) is 0 Å². The van der Waals surface area contributed by atoms with Crippen LogP contribution < -0.4 is 10.2 Å². The molecule has 2 aromatic carbocycles. The summed E-state index contributed by atoms with van der Waals surface area (Å²) >= 11 is 0. The van der Waals surface area contributed by atoms with Crippen LogP contribution in [0.4, 0.5) is 10.1 Å². The summed E-state index contributed by atoms with van der Waals surface area (Å²) in [6.45, 7) is 9.30. The van der Waals surface area contributed by atoms with Crippen molar-refractivity contribution in [3.05, 3.63) is 82.8 Å². The van der Waals surface area contributed by atoms with Gasteiger partial charge in [-0.05, 0) is 117 Å². The van der Waals surface area contributed by atoms with Gasteiger partial charge in [-0.1, -0.05) is 0 Å². The predicted molar refractivity (Wildman–Crippen MR) is 137 cm³/mol. The third-order valence-corrected chi connectivity index (χ3v) is 6.31. The van der Waals surface area contributed by atoms with E-state index in [0.717, 1.165) is 49.4 Å². The average molecular weight is 476 g/mol. The number of nitrogens with one attached hydrogen (secondary N) is 1. The van der Waals surface area contributed by atoms with Gasteiger partial charge in [0.1, 0.15) is 5.82 Å². The molecule has 3 aromatic rings. The quantitative estimate of drug-likeness (QED) is 0.461. The van der Waals surface area contributed by atoms with E-state index in [9.17, 15) is 4.39 Å². The Bertz CT molecular complexity index is 995. The maximum atomic E-state index is 13.5. The van der Waals surface area contributed by atoms with Gasteiger partial charge in [0, 0.05) is 30.0 Å². The number of aryl methyl sites for hydroxylation is 2. The second kappa shape index (κ2) is 11.6. The van der Waals surface area contributed by atoms with Gasteiger partial charge >= 0.3 is 0 Å². The number of nitrogens with zero attached hydrogens (tertiary/aromatic N) is 2. The van der Waals surface area contributed by atoms with E-state index in [4.69, 9.17) is 0 Å². The van der Waals surface area contributed by atoms with Gasteiger partial charge in [-0.25, -0.2) is 4.39 Å². The molecule has 4 rings (SSSR count). The lowest BCUT2D eigenvalue weighted by atomic mass is 9.98. The number of pyridine rings is 1. The normalized spacial score (nSPS) is 13.8. The summed E-state index contributed by atoms with van der Waals surface area (Å²) in [6.07, 6.45) is 4.08. The minimum atomic E-state index is -0.194. The number of hydrogen-bond acceptors (Lipinski definition) is 3. The van der Waals surface area contributed by atoms with E-state index in [2.05, 4.69) is 60.2 Å². The lowest BCUT2D eigenvalue weighted by Crippen LogP contribution is -2.43. The third kappa shape index (κ3) is 6.00. The topological polar surface area (TPSA) is 28.2 Å². The first-order valence-electron chi connectivity index (χ1n) is 10.8. The van der Waals surface area contributed by atoms with Crippen LogP contribution in [0, 0.1) is 26.6 Å². The highest BCUT2D eigenvalue weighted by atomic mass is 35.5. The van der Waals surface area contributed by atoms with Gasteiger partial charge in [-0.3, -0.25) is 4.98 Å². The van der Waals surface area contributed by atoms with E-state index in [1.54, 1.807) is 12.1 Å². The molecular weight excluding hydrogens is 444 g/mol. The summed E-state index contributed by atoms with van der Waals surface area (Å²) in [6, 6.07) is 16.1. The van der Waals surface area contributed by atoms with Crippen molar-refractivity contribution >= 4 is 30.5 Å². The smallest absolute Gasteiger partial charge is 0.123 e. The Balaban J connectivity index is 0.00000181. The number of piperidine rings is 1. The number of hydrogen-bond donors (Lipinski definition) is 1. The number of aromatic nitrogens is 1. The van der Waals surface area contributed by atoms with Gasteiger partial charge in [0.15, 0.2) is 0 Å². The molecule has 3 nitrogen and oxygen atoms in total. The van der Waals surface area contributed by atoms with Crippen LogP contribution in [0.15, 0.2) is 54.7 Å². The first-order chi connectivity index (χ1) is 14.5. The standard InChI is InChI=1S/C26H30FN3.2ClH/c1-18-14-22(15-19(2)20(18)3)26-16-21(8-13-29-26)17-30(25-9-11-28-12-10-25)24-6-4-23(27)5-7-24;;/h4-8,13-16,25,28H,9-12,17H2,1-3H3;2*1H. The fraction of sp³-hybridized carbons (Fsp3) is 0.346. The largest absolute Gasteiger partial charge is 0.364 e. The number of benzene rings is 2. The Morgan fingerprint density at radius 1 is 0.938 bits per heavy atom. The molecule has 0 saturated carbocycles. The highest BCUT2D eigenvalue weighted by Crippen LogP contribution is 2.27. The maximum absolute atomic E-state index is 13.5. The molecule has 0 bridgehead atoms. The molecule has 1 fully saturated rings. The summed E-state index contributed by atoms with van der Waals surface area (Å²) in [5, 5.41) is 3.44. The monoisotopic (exact) mass is 475 g/mol. The van der Waals surface area contributed by atoms with Crippen LogP contribution in [0.25, 0.3) is 11.3 Å². The highest BCUT2D eigenvalue weighted by Gasteiger charge is 2.22. The van der Waals surface area contributed by atoms with Crippen molar-refractivity contribution in [1.29, 1.82) is 0 Å². The van der Waals surface area contributed by atoms with Crippen LogP contribution in [0.2, 0.25) is 0 Å². The number of halogens is 3. The minimum Gasteiger partial charge on any atom is -0.364 e. The van der Waals surface area contributed by atoms with Crippen LogP contribution >= 0.6 is 24.8 Å². The van der Waals surface area contributed by atoms with Crippen molar-refractivity contribution in [2.75, 3.05) is 18.0 Å². The van der Waals surface area contributed by atoms with Gasteiger partial charge in [0.05, 0.1) is 5.69 Å². The van der Waals surface area contributed by atoms with Crippen molar-refractivity contribution in [2.45, 2.75) is 46.2 Å². The fourth-order valence-electron chi connectivity index (χ4n) is 4.29. The van der Waals surface area contributed by atoms with Crippen LogP contribution in [0.3, 0.4) is 0 Å². The van der Waals surface area contributed by atoms with E-state index in [-0.39, 0.29) is 30.6 Å². The Kier molecular flexibility index (Phi) is 9.50. The average Bonchev–Trinajstić information content (AvgIpc) is 2.77. The van der Waals surface area contributed by atoms with E-state index in [1.807, 2.05) is 18.3 Å². The molecule has 0 spiro atoms. The van der Waals surface area contributed by atoms with Crippen LogP contribution in [0.1, 0.15) is 35.1 Å². The molecule has 0 aliphatic carbocycles. The molecule has 2 heterocycles. The zero-order chi connectivity index (χ0) is 21.1. The van der Waals surface area contributed by atoms with E-state index in [1.165, 1.54) is 22.3 Å². The molecule has 0 radical (unpaired) electrons. The van der Waals surface area contributed by atoms with Crippen molar-refractivity contribution < 1.29 is 4.39 Å². The molecule has 0 atom stereocenters. The summed E-state index contributed by atoms with van der Waals surface area (Å²) in [7, 11) is 0. The number of anilines is 1. The van der Waals surface area contributed by atoms with E-state index >= 15 is 0 Å². The molecule has 1 N–H and O–H groups in total. The maximum Gasteiger partial charge on any atom is 0.123 e. The summed E-state index contributed by atoms with van der Waals surface area (Å²) in [4.78, 5) is 7.07. The molecule has 6 heteroatoms. The second-order valence-electron chi connectivity index (χ2n) is 8.37. The van der Waals surface area contributed by atoms with E-state index < -0.39 is 0 Å². The molecule has 1 aliphatic rings. The Morgan fingerprint density at radius 2 is 1.56 bits per heavy atom. The molecule has 0 unspecified atom stereocenters. The Hall–Kier alpha value is -2.14. The second-order valence-corrected chi connectivity index (χ2v) is 8.37. The number of rotatable bonds is 5. The molecule has 1 saturated heterocycles. The predicted octanol–water partition coefficient (Wildman–Crippen LogP) is 6.42. The van der Waals surface area contributed by atoms with Crippen molar-refractivity contribution in [3.8, 4) is 11.3 Å². The molecule has 172 valence electrons. The first-order valence-corrected chi connectivity index (χ1v) is 10.8. The third-order valence-electron chi connectivity index (χ3n) is 6.31. The molecule has 32 heavy (non-hydrogen) atoms. The molecule has 0 amide bonds. The lowest BCUT2D eigenvalue weighted by Gasteiger charge is -2.36. The lowest BCUT2D eigenvalue weighted by molar-refractivity contribution is 0.428. The zero-order valence-electron chi connectivity index (χ0n) is 18.9. The Labute approximate surface area is 203 Å². The summed E-state index contributed by atoms with van der Waals surface area (Å²) < 4.78 is 13.5. The first kappa shape index (κ1) is 26.1. The van der Waals surface area contributed by atoms with Crippen LogP contribution in [-0.2, 0) is 6.54 Å². The van der Waals surface area contributed by atoms with Gasteiger partial charge < -0.3 is 10.2 Å². The van der Waals surface area contributed by atoms with Crippen molar-refractivity contribution in [2.24, 2.45) is 0 Å².